The predicted octanol–water partition coefficient (Wildman–Crippen LogP) is 6.63. The molecule has 0 saturated carbocycles. The number of esters is 1. The molecule has 4 aromatic rings. The van der Waals surface area contributed by atoms with Gasteiger partial charge in [0.1, 0.15) is 0 Å². The smallest absolute Gasteiger partial charge is 0.365 e. The summed E-state index contributed by atoms with van der Waals surface area (Å²) in [5.74, 6) is -0.0825. The molecule has 0 fully saturated rings. The van der Waals surface area contributed by atoms with Gasteiger partial charge in [-0.1, -0.05) is 59.1 Å². The van der Waals surface area contributed by atoms with Crippen molar-refractivity contribution < 1.29 is 9.53 Å². The number of carbonyl (C=O) groups is 1. The summed E-state index contributed by atoms with van der Waals surface area (Å²) >= 11 is 13.6. The van der Waals surface area contributed by atoms with Gasteiger partial charge in [-0.2, -0.15) is 5.10 Å². The van der Waals surface area contributed by atoms with Crippen LogP contribution in [0.3, 0.4) is 0 Å². The minimum absolute atomic E-state index is 0.0748. The van der Waals surface area contributed by atoms with E-state index in [1.807, 2.05) is 61.5 Å². The van der Waals surface area contributed by atoms with Gasteiger partial charge in [0.2, 0.25) is 10.2 Å². The van der Waals surface area contributed by atoms with E-state index in [0.29, 0.717) is 26.6 Å². The van der Waals surface area contributed by atoms with Crippen molar-refractivity contribution in [1.29, 1.82) is 0 Å². The molecular formula is C25H21Cl2N5O2S. The number of halogens is 2. The Bertz CT molecular complexity index is 1360. The first-order chi connectivity index (χ1) is 17.0. The number of benzene rings is 3. The monoisotopic (exact) mass is 525 g/mol. The Morgan fingerprint density at radius 2 is 1.80 bits per heavy atom. The minimum Gasteiger partial charge on any atom is -0.461 e. The van der Waals surface area contributed by atoms with Gasteiger partial charge >= 0.3 is 5.97 Å². The summed E-state index contributed by atoms with van der Waals surface area (Å²) in [6.07, 6.45) is 0. The largest absolute Gasteiger partial charge is 0.461 e. The lowest BCUT2D eigenvalue weighted by Crippen LogP contribution is -2.17. The van der Waals surface area contributed by atoms with E-state index in [4.69, 9.17) is 27.9 Å². The number of ether oxygens (including phenoxy) is 1. The number of para-hydroxylation sites is 1. The van der Waals surface area contributed by atoms with E-state index < -0.39 is 5.97 Å². The molecule has 178 valence electrons. The second-order valence-electron chi connectivity index (χ2n) is 7.32. The highest BCUT2D eigenvalue weighted by Crippen LogP contribution is 2.34. The average Bonchev–Trinajstić information content (AvgIpc) is 3.26. The zero-order valence-electron chi connectivity index (χ0n) is 18.9. The van der Waals surface area contributed by atoms with Crippen LogP contribution in [0.15, 0.2) is 83.1 Å². The van der Waals surface area contributed by atoms with Crippen molar-refractivity contribution in [2.24, 2.45) is 5.10 Å². The lowest BCUT2D eigenvalue weighted by Gasteiger charge is -2.12. The molecule has 1 heterocycles. The van der Waals surface area contributed by atoms with Crippen molar-refractivity contribution in [3.05, 3.63) is 88.4 Å². The Morgan fingerprint density at radius 3 is 2.49 bits per heavy atom. The topological polar surface area (TPSA) is 81.4 Å². The first-order valence-electron chi connectivity index (χ1n) is 10.7. The molecule has 0 aliphatic heterocycles. The molecule has 0 amide bonds. The molecule has 0 radical (unpaired) electrons. The van der Waals surface area contributed by atoms with Crippen LogP contribution in [0.5, 0.6) is 0 Å². The molecule has 1 N–H and O–H groups in total. The van der Waals surface area contributed by atoms with Crippen molar-refractivity contribution in [2.75, 3.05) is 12.0 Å². The van der Waals surface area contributed by atoms with Gasteiger partial charge in [-0.15, -0.1) is 10.2 Å². The lowest BCUT2D eigenvalue weighted by molar-refractivity contribution is -0.134. The van der Waals surface area contributed by atoms with Crippen molar-refractivity contribution in [1.82, 2.24) is 14.8 Å². The summed E-state index contributed by atoms with van der Waals surface area (Å²) in [5.41, 5.74) is 6.20. The number of thioether (sulfide) groups is 1. The Balaban J connectivity index is 1.76. The molecule has 0 aliphatic carbocycles. The number of hydrogen-bond acceptors (Lipinski definition) is 7. The third kappa shape index (κ3) is 6.03. The van der Waals surface area contributed by atoms with Gasteiger partial charge in [0.05, 0.1) is 17.3 Å². The molecule has 35 heavy (non-hydrogen) atoms. The SMILES string of the molecule is CCOC(=O)/C(=N/Nc1ccc(C)cc1)Sc1nnc(-c2ccc(Cl)cc2Cl)n1-c1ccccc1. The first kappa shape index (κ1) is 24.8. The van der Waals surface area contributed by atoms with Crippen LogP contribution in [0.4, 0.5) is 5.69 Å². The third-order valence-corrected chi connectivity index (χ3v) is 6.24. The number of anilines is 1. The third-order valence-electron chi connectivity index (χ3n) is 4.80. The maximum atomic E-state index is 12.7. The van der Waals surface area contributed by atoms with Crippen LogP contribution in [0, 0.1) is 6.92 Å². The fourth-order valence-electron chi connectivity index (χ4n) is 3.12. The average molecular weight is 526 g/mol. The van der Waals surface area contributed by atoms with E-state index in [-0.39, 0.29) is 11.7 Å². The van der Waals surface area contributed by atoms with Crippen LogP contribution >= 0.6 is 35.0 Å². The summed E-state index contributed by atoms with van der Waals surface area (Å²) in [6, 6.07) is 22.3. The highest BCUT2D eigenvalue weighted by atomic mass is 35.5. The summed E-state index contributed by atoms with van der Waals surface area (Å²) in [4.78, 5) is 12.7. The van der Waals surface area contributed by atoms with Crippen LogP contribution < -0.4 is 5.43 Å². The standard InChI is InChI=1S/C25H21Cl2N5O2S/c1-3-34-24(33)23(30-28-18-12-9-16(2)10-13-18)35-25-31-29-22(20-14-11-17(26)15-21(20)27)32(25)19-7-5-4-6-8-19/h4-15,28H,3H2,1-2H3/b30-23-. The van der Waals surface area contributed by atoms with Crippen LogP contribution in [-0.2, 0) is 9.53 Å². The summed E-state index contributed by atoms with van der Waals surface area (Å²) < 4.78 is 7.04. The van der Waals surface area contributed by atoms with Crippen molar-refractivity contribution >= 4 is 51.7 Å². The number of nitrogens with zero attached hydrogens (tertiary/aromatic N) is 4. The molecule has 0 spiro atoms. The number of aryl methyl sites for hydroxylation is 1. The van der Waals surface area contributed by atoms with Gasteiger partial charge in [-0.05, 0) is 68.1 Å². The molecule has 0 atom stereocenters. The second kappa shape index (κ2) is 11.4. The Morgan fingerprint density at radius 1 is 1.06 bits per heavy atom. The van der Waals surface area contributed by atoms with Crippen LogP contribution in [0.1, 0.15) is 12.5 Å². The molecule has 10 heteroatoms. The van der Waals surface area contributed by atoms with Gasteiger partial charge in [0.15, 0.2) is 5.82 Å². The molecule has 7 nitrogen and oxygen atoms in total. The van der Waals surface area contributed by atoms with Crippen LogP contribution in [0.2, 0.25) is 10.0 Å². The van der Waals surface area contributed by atoms with Crippen molar-refractivity contribution in [3.8, 4) is 17.1 Å². The molecule has 1 aromatic heterocycles. The van der Waals surface area contributed by atoms with E-state index in [1.165, 1.54) is 0 Å². The van der Waals surface area contributed by atoms with E-state index in [2.05, 4.69) is 20.7 Å². The Kier molecular flexibility index (Phi) is 8.07. The number of nitrogens with one attached hydrogen (secondary N) is 1. The highest BCUT2D eigenvalue weighted by molar-refractivity contribution is 8.15. The number of hydrazone groups is 1. The van der Waals surface area contributed by atoms with Gasteiger partial charge < -0.3 is 4.74 Å². The molecule has 4 rings (SSSR count). The lowest BCUT2D eigenvalue weighted by atomic mass is 10.2. The second-order valence-corrected chi connectivity index (χ2v) is 9.12. The maximum absolute atomic E-state index is 12.7. The predicted molar refractivity (Wildman–Crippen MR) is 142 cm³/mol. The summed E-state index contributed by atoms with van der Waals surface area (Å²) in [7, 11) is 0. The molecule has 3 aromatic carbocycles. The summed E-state index contributed by atoms with van der Waals surface area (Å²) in [5, 5.41) is 14.5. The quantitative estimate of drug-likeness (QED) is 0.0999. The van der Waals surface area contributed by atoms with E-state index in [1.54, 1.807) is 29.7 Å². The maximum Gasteiger partial charge on any atom is 0.365 e. The zero-order chi connectivity index (χ0) is 24.8. The number of aromatic nitrogens is 3. The van der Waals surface area contributed by atoms with Gasteiger partial charge in [-0.3, -0.25) is 9.99 Å². The number of hydrogen-bond donors (Lipinski definition) is 1. The first-order valence-corrected chi connectivity index (χ1v) is 12.2. The van der Waals surface area contributed by atoms with Crippen molar-refractivity contribution in [3.63, 3.8) is 0 Å². The molecular weight excluding hydrogens is 505 g/mol. The van der Waals surface area contributed by atoms with Crippen LogP contribution in [0.25, 0.3) is 17.1 Å². The van der Waals surface area contributed by atoms with Gasteiger partial charge in [0, 0.05) is 16.3 Å². The number of rotatable bonds is 6. The fraction of sp³-hybridized carbons (Fsp3) is 0.120. The van der Waals surface area contributed by atoms with Crippen LogP contribution in [-0.4, -0.2) is 32.4 Å². The number of carbonyl (C=O) groups excluding carboxylic acids is 1. The van der Waals surface area contributed by atoms with Gasteiger partial charge in [-0.25, -0.2) is 4.79 Å². The van der Waals surface area contributed by atoms with E-state index >= 15 is 0 Å². The zero-order valence-corrected chi connectivity index (χ0v) is 21.2. The molecule has 0 bridgehead atoms. The van der Waals surface area contributed by atoms with E-state index in [0.717, 1.165) is 28.7 Å². The molecule has 0 unspecified atom stereocenters. The summed E-state index contributed by atoms with van der Waals surface area (Å²) in [6.45, 7) is 3.94. The highest BCUT2D eigenvalue weighted by Gasteiger charge is 2.23. The normalized spacial score (nSPS) is 11.4. The van der Waals surface area contributed by atoms with Gasteiger partial charge in [0.25, 0.3) is 0 Å². The molecule has 0 saturated heterocycles. The Labute approximate surface area is 217 Å². The molecule has 0 aliphatic rings. The fourth-order valence-corrected chi connectivity index (χ4v) is 4.39. The van der Waals surface area contributed by atoms with Crippen molar-refractivity contribution in [2.45, 2.75) is 19.0 Å². The van der Waals surface area contributed by atoms with E-state index in [9.17, 15) is 4.79 Å². The Hall–Kier alpha value is -3.33. The minimum atomic E-state index is -0.578.